The van der Waals surface area contributed by atoms with E-state index in [1.165, 1.54) is 22.3 Å². The first-order valence-electron chi connectivity index (χ1n) is 22.6. The maximum atomic E-state index is 6.90. The predicted molar refractivity (Wildman–Crippen MR) is 255 cm³/mol. The van der Waals surface area contributed by atoms with Gasteiger partial charge in [-0.25, -0.2) is 0 Å². The number of aryl methyl sites for hydroxylation is 2. The highest BCUT2D eigenvalue weighted by atomic mass is 16.5. The fourth-order valence-electron chi connectivity index (χ4n) is 9.39. The van der Waals surface area contributed by atoms with E-state index in [1.807, 2.05) is 84.9 Å². The summed E-state index contributed by atoms with van der Waals surface area (Å²) in [7, 11) is 0. The first kappa shape index (κ1) is 41.6. The zero-order valence-electron chi connectivity index (χ0n) is 36.5. The smallest absolute Gasteiger partial charge is 0.124 e. The molecule has 0 saturated heterocycles. The van der Waals surface area contributed by atoms with E-state index in [4.69, 9.17) is 28.4 Å². The molecule has 65 heavy (non-hydrogen) atoms. The molecule has 0 radical (unpaired) electrons. The normalized spacial score (nSPS) is 13.2. The molecule has 0 aliphatic heterocycles. The third-order valence-electron chi connectivity index (χ3n) is 12.5. The maximum absolute atomic E-state index is 6.90. The lowest BCUT2D eigenvalue weighted by Crippen LogP contribution is -2.23. The highest BCUT2D eigenvalue weighted by Gasteiger charge is 2.48. The van der Waals surface area contributed by atoms with Crippen molar-refractivity contribution in [3.63, 3.8) is 0 Å². The molecule has 0 atom stereocenters. The van der Waals surface area contributed by atoms with Crippen LogP contribution in [0.5, 0.6) is 34.5 Å². The lowest BCUT2D eigenvalue weighted by molar-refractivity contribution is 0.276. The van der Waals surface area contributed by atoms with Crippen molar-refractivity contribution < 1.29 is 28.4 Å². The van der Waals surface area contributed by atoms with Gasteiger partial charge in [-0.15, -0.1) is 0 Å². The summed E-state index contributed by atoms with van der Waals surface area (Å²) in [6.07, 6.45) is 3.94. The number of hydrogen-bond acceptors (Lipinski definition) is 6. The van der Waals surface area contributed by atoms with Crippen molar-refractivity contribution in [3.8, 4) is 34.5 Å². The summed E-state index contributed by atoms with van der Waals surface area (Å²) >= 11 is 0. The maximum Gasteiger partial charge on any atom is 0.124 e. The molecule has 324 valence electrons. The third kappa shape index (κ3) is 9.88. The Morgan fingerprint density at radius 1 is 0.292 bits per heavy atom. The van der Waals surface area contributed by atoms with E-state index in [0.717, 1.165) is 93.6 Å². The van der Waals surface area contributed by atoms with E-state index in [9.17, 15) is 0 Å². The van der Waals surface area contributed by atoms with Gasteiger partial charge in [-0.1, -0.05) is 146 Å². The minimum absolute atomic E-state index is 0.229. The SMILES string of the molecule is c1ccc(COc2cc(COc3cccc4c3C3(CC4)CCc4cccc(OCc5cc(OCc6ccccc6)cc(OCc6ccccc6)c5)c43)cc(OCc3ccccc3)c2)cc1. The lowest BCUT2D eigenvalue weighted by Gasteiger charge is -2.30. The highest BCUT2D eigenvalue weighted by molar-refractivity contribution is 5.62. The van der Waals surface area contributed by atoms with Gasteiger partial charge in [0.15, 0.2) is 0 Å². The Bertz CT molecular complexity index is 2510. The third-order valence-corrected chi connectivity index (χ3v) is 12.5. The van der Waals surface area contributed by atoms with Gasteiger partial charge in [0.25, 0.3) is 0 Å². The fourth-order valence-corrected chi connectivity index (χ4v) is 9.39. The molecule has 0 aromatic heterocycles. The van der Waals surface area contributed by atoms with E-state index in [-0.39, 0.29) is 5.41 Å². The number of fused-ring (bicyclic) bond motifs is 4. The van der Waals surface area contributed by atoms with Gasteiger partial charge in [-0.2, -0.15) is 0 Å². The number of benzene rings is 8. The molecular weight excluding hydrogens is 805 g/mol. The molecule has 0 heterocycles. The summed E-state index contributed by atoms with van der Waals surface area (Å²) in [6, 6.07) is 66.1. The largest absolute Gasteiger partial charge is 0.489 e. The van der Waals surface area contributed by atoms with Crippen LogP contribution in [-0.4, -0.2) is 0 Å². The molecule has 1 spiro atoms. The van der Waals surface area contributed by atoms with Crippen LogP contribution in [0.15, 0.2) is 194 Å². The van der Waals surface area contributed by atoms with Gasteiger partial charge in [0.1, 0.15) is 74.1 Å². The number of ether oxygens (including phenoxy) is 6. The van der Waals surface area contributed by atoms with Crippen LogP contribution in [0.1, 0.15) is 68.5 Å². The minimum atomic E-state index is -0.229. The zero-order valence-corrected chi connectivity index (χ0v) is 36.5. The van der Waals surface area contributed by atoms with Crippen molar-refractivity contribution >= 4 is 0 Å². The number of rotatable bonds is 18. The lowest BCUT2D eigenvalue weighted by atomic mass is 9.76. The van der Waals surface area contributed by atoms with Crippen LogP contribution in [0.3, 0.4) is 0 Å². The van der Waals surface area contributed by atoms with Crippen LogP contribution in [0, 0.1) is 0 Å². The van der Waals surface area contributed by atoms with Crippen LogP contribution in [-0.2, 0) is 57.9 Å². The minimum Gasteiger partial charge on any atom is -0.489 e. The molecule has 6 nitrogen and oxygen atoms in total. The van der Waals surface area contributed by atoms with E-state index < -0.39 is 0 Å². The summed E-state index contributed by atoms with van der Waals surface area (Å²) in [6.45, 7) is 2.55. The van der Waals surface area contributed by atoms with E-state index in [1.54, 1.807) is 0 Å². The van der Waals surface area contributed by atoms with Gasteiger partial charge in [0.2, 0.25) is 0 Å². The molecule has 0 amide bonds. The van der Waals surface area contributed by atoms with Gasteiger partial charge in [-0.3, -0.25) is 0 Å². The standard InChI is InChI=1S/C59H52O6/c1-5-15-43(16-6-1)37-60-51-31-47(32-52(35-51)61-38-44-17-7-2-8-18-44)41-64-55-25-13-23-49-27-29-59(57(49)55)30-28-50-24-14-26-56(58(50)59)65-42-48-33-53(62-39-45-19-9-3-10-20-45)36-54(34-48)63-40-46-21-11-4-12-22-46/h1-26,31-36H,27-30,37-42H2. The zero-order chi connectivity index (χ0) is 43.7. The molecule has 2 aliphatic rings. The first-order valence-corrected chi connectivity index (χ1v) is 22.6. The van der Waals surface area contributed by atoms with Crippen molar-refractivity contribution in [2.75, 3.05) is 0 Å². The summed E-state index contributed by atoms with van der Waals surface area (Å²) in [4.78, 5) is 0. The van der Waals surface area contributed by atoms with E-state index >= 15 is 0 Å². The van der Waals surface area contributed by atoms with Gasteiger partial charge >= 0.3 is 0 Å². The van der Waals surface area contributed by atoms with Crippen molar-refractivity contribution in [1.29, 1.82) is 0 Å². The average Bonchev–Trinajstić information content (AvgIpc) is 3.95. The second-order valence-electron chi connectivity index (χ2n) is 17.0. The summed E-state index contributed by atoms with van der Waals surface area (Å²) in [5.41, 5.74) is 11.3. The van der Waals surface area contributed by atoms with Crippen molar-refractivity contribution in [1.82, 2.24) is 0 Å². The van der Waals surface area contributed by atoms with Gasteiger partial charge in [-0.05, 0) is 107 Å². The Hall–Kier alpha value is -7.44. The summed E-state index contributed by atoms with van der Waals surface area (Å²) in [5, 5.41) is 0. The van der Waals surface area contributed by atoms with Crippen molar-refractivity contribution in [2.45, 2.75) is 70.7 Å². The Kier molecular flexibility index (Phi) is 12.5. The second-order valence-corrected chi connectivity index (χ2v) is 17.0. The van der Waals surface area contributed by atoms with Crippen molar-refractivity contribution in [3.05, 3.63) is 250 Å². The Morgan fingerprint density at radius 2 is 0.600 bits per heavy atom. The van der Waals surface area contributed by atoms with Crippen LogP contribution in [0.2, 0.25) is 0 Å². The van der Waals surface area contributed by atoms with Crippen LogP contribution in [0.25, 0.3) is 0 Å². The molecule has 6 heteroatoms. The highest BCUT2D eigenvalue weighted by Crippen LogP contribution is 2.57. The van der Waals surface area contributed by atoms with Gasteiger partial charge < -0.3 is 28.4 Å². The molecule has 0 saturated carbocycles. The molecule has 8 aromatic carbocycles. The summed E-state index contributed by atoms with van der Waals surface area (Å²) in [5.74, 6) is 4.77. The second kappa shape index (κ2) is 19.5. The molecule has 0 bridgehead atoms. The Balaban J connectivity index is 0.899. The Labute approximate surface area is 382 Å². The topological polar surface area (TPSA) is 55.4 Å². The van der Waals surface area contributed by atoms with Crippen molar-refractivity contribution in [2.24, 2.45) is 0 Å². The quantitative estimate of drug-likeness (QED) is 0.0857. The van der Waals surface area contributed by atoms with Gasteiger partial charge in [0, 0.05) is 28.7 Å². The van der Waals surface area contributed by atoms with Crippen LogP contribution in [0.4, 0.5) is 0 Å². The number of hydrogen-bond donors (Lipinski definition) is 0. The van der Waals surface area contributed by atoms with Crippen LogP contribution >= 0.6 is 0 Å². The molecular formula is C59H52O6. The average molecular weight is 857 g/mol. The Morgan fingerprint density at radius 3 is 0.923 bits per heavy atom. The van der Waals surface area contributed by atoms with Crippen LogP contribution < -0.4 is 28.4 Å². The first-order chi connectivity index (χ1) is 32.1. The monoisotopic (exact) mass is 856 g/mol. The molecule has 0 unspecified atom stereocenters. The summed E-state index contributed by atoms with van der Waals surface area (Å²) < 4.78 is 39.2. The molecule has 2 aliphatic carbocycles. The predicted octanol–water partition coefficient (Wildman–Crippen LogP) is 13.3. The molecule has 0 fully saturated rings. The molecule has 10 rings (SSSR count). The fraction of sp³-hybridized carbons (Fsp3) is 0.186. The molecule has 8 aromatic rings. The van der Waals surface area contributed by atoms with Gasteiger partial charge in [0.05, 0.1) is 0 Å². The molecule has 0 N–H and O–H groups in total. The van der Waals surface area contributed by atoms with E-state index in [0.29, 0.717) is 39.6 Å². The van der Waals surface area contributed by atoms with E-state index in [2.05, 4.69) is 109 Å².